The number of fused-ring (bicyclic) bond motifs is 1. The van der Waals surface area contributed by atoms with E-state index in [2.05, 4.69) is 10.2 Å². The van der Waals surface area contributed by atoms with Crippen LogP contribution in [0.15, 0.2) is 24.7 Å². The lowest BCUT2D eigenvalue weighted by molar-refractivity contribution is 0.00578. The van der Waals surface area contributed by atoms with Gasteiger partial charge in [0.25, 0.3) is 0 Å². The summed E-state index contributed by atoms with van der Waals surface area (Å²) in [6.45, 7) is 8.18. The van der Waals surface area contributed by atoms with E-state index in [-0.39, 0.29) is 18.3 Å². The highest BCUT2D eigenvalue weighted by molar-refractivity contribution is 6.62. The number of hydrogen-bond acceptors (Lipinski definition) is 4. The van der Waals surface area contributed by atoms with E-state index >= 15 is 0 Å². The Morgan fingerprint density at radius 1 is 1.11 bits per heavy atom. The fourth-order valence-electron chi connectivity index (χ4n) is 1.96. The third-order valence-corrected chi connectivity index (χ3v) is 3.84. The van der Waals surface area contributed by atoms with Gasteiger partial charge >= 0.3 is 7.12 Å². The van der Waals surface area contributed by atoms with Crippen LogP contribution in [0.3, 0.4) is 0 Å². The molecule has 0 aromatic carbocycles. The zero-order valence-electron chi connectivity index (χ0n) is 11.0. The van der Waals surface area contributed by atoms with Crippen LogP contribution in [0.1, 0.15) is 27.7 Å². The van der Waals surface area contributed by atoms with E-state index < -0.39 is 0 Å². The smallest absolute Gasteiger partial charge is 0.399 e. The van der Waals surface area contributed by atoms with Gasteiger partial charge in [-0.2, -0.15) is 0 Å². The average Bonchev–Trinajstić information content (AvgIpc) is 2.80. The molecule has 0 saturated carbocycles. The Balaban J connectivity index is 1.96. The van der Waals surface area contributed by atoms with Crippen LogP contribution in [-0.2, 0) is 9.31 Å². The van der Waals surface area contributed by atoms with Gasteiger partial charge < -0.3 is 9.31 Å². The van der Waals surface area contributed by atoms with Crippen molar-refractivity contribution in [2.45, 2.75) is 38.9 Å². The van der Waals surface area contributed by atoms with Crippen LogP contribution in [0.2, 0.25) is 0 Å². The van der Waals surface area contributed by atoms with Crippen molar-refractivity contribution < 1.29 is 9.31 Å². The Kier molecular flexibility index (Phi) is 2.31. The van der Waals surface area contributed by atoms with Crippen molar-refractivity contribution in [3.05, 3.63) is 24.7 Å². The molecule has 6 heteroatoms. The summed E-state index contributed by atoms with van der Waals surface area (Å²) < 4.78 is 13.9. The van der Waals surface area contributed by atoms with Gasteiger partial charge in [-0.3, -0.25) is 4.40 Å². The maximum atomic E-state index is 6.00. The molecule has 1 fully saturated rings. The second kappa shape index (κ2) is 3.55. The standard InChI is InChI=1S/C12H16BN3O2/c1-11(2)12(3,4)18-13(17-11)9-5-6-10-15-14-8-16(10)7-9/h5-8H,1-4H3. The maximum Gasteiger partial charge on any atom is 0.496 e. The zero-order chi connectivity index (χ0) is 13.0. The highest BCUT2D eigenvalue weighted by Crippen LogP contribution is 2.36. The lowest BCUT2D eigenvalue weighted by atomic mass is 9.80. The molecule has 3 heterocycles. The SMILES string of the molecule is CC1(C)OB(c2ccc3nncn3c2)OC1(C)C. The topological polar surface area (TPSA) is 48.7 Å². The third kappa shape index (κ3) is 1.64. The van der Waals surface area contributed by atoms with E-state index in [1.54, 1.807) is 6.33 Å². The molecule has 3 rings (SSSR count). The average molecular weight is 245 g/mol. The monoisotopic (exact) mass is 245 g/mol. The Bertz CT molecular complexity index is 578. The lowest BCUT2D eigenvalue weighted by Crippen LogP contribution is -2.41. The van der Waals surface area contributed by atoms with Crippen molar-refractivity contribution in [2.24, 2.45) is 0 Å². The summed E-state index contributed by atoms with van der Waals surface area (Å²) in [5.41, 5.74) is 1.15. The molecule has 0 aliphatic carbocycles. The molecule has 1 saturated heterocycles. The molecular weight excluding hydrogens is 229 g/mol. The molecule has 18 heavy (non-hydrogen) atoms. The van der Waals surface area contributed by atoms with Crippen molar-refractivity contribution in [1.29, 1.82) is 0 Å². The Morgan fingerprint density at radius 2 is 1.78 bits per heavy atom. The van der Waals surface area contributed by atoms with Gasteiger partial charge in [0.1, 0.15) is 6.33 Å². The summed E-state index contributed by atoms with van der Waals surface area (Å²) in [4.78, 5) is 0. The molecule has 0 radical (unpaired) electrons. The zero-order valence-corrected chi connectivity index (χ0v) is 11.0. The summed E-state index contributed by atoms with van der Waals surface area (Å²) in [5.74, 6) is 0. The first kappa shape index (κ1) is 11.7. The third-order valence-electron chi connectivity index (χ3n) is 3.84. The number of nitrogens with zero attached hydrogens (tertiary/aromatic N) is 3. The molecular formula is C12H16BN3O2. The maximum absolute atomic E-state index is 6.00. The predicted molar refractivity (Wildman–Crippen MR) is 68.7 cm³/mol. The molecule has 0 unspecified atom stereocenters. The van der Waals surface area contributed by atoms with Crippen LogP contribution in [-0.4, -0.2) is 32.9 Å². The van der Waals surface area contributed by atoms with Crippen molar-refractivity contribution in [1.82, 2.24) is 14.6 Å². The molecule has 2 aromatic rings. The number of rotatable bonds is 1. The normalized spacial score (nSPS) is 21.7. The van der Waals surface area contributed by atoms with Gasteiger partial charge in [-0.15, -0.1) is 10.2 Å². The first-order chi connectivity index (χ1) is 8.39. The first-order valence-electron chi connectivity index (χ1n) is 6.04. The van der Waals surface area contributed by atoms with Crippen LogP contribution < -0.4 is 5.46 Å². The van der Waals surface area contributed by atoms with E-state index in [1.807, 2.05) is 50.4 Å². The molecule has 1 aliphatic heterocycles. The molecule has 1 aliphatic rings. The summed E-state index contributed by atoms with van der Waals surface area (Å²) in [7, 11) is -0.346. The number of aromatic nitrogens is 3. The summed E-state index contributed by atoms with van der Waals surface area (Å²) >= 11 is 0. The van der Waals surface area contributed by atoms with Gasteiger partial charge in [0, 0.05) is 6.20 Å². The van der Waals surface area contributed by atoms with E-state index in [0.717, 1.165) is 11.1 Å². The second-order valence-electron chi connectivity index (χ2n) is 5.65. The van der Waals surface area contributed by atoms with Crippen molar-refractivity contribution in [3.63, 3.8) is 0 Å². The Hall–Kier alpha value is -1.40. The van der Waals surface area contributed by atoms with Crippen molar-refractivity contribution in [2.75, 3.05) is 0 Å². The summed E-state index contributed by atoms with van der Waals surface area (Å²) in [5, 5.41) is 7.83. The fraction of sp³-hybridized carbons (Fsp3) is 0.500. The first-order valence-corrected chi connectivity index (χ1v) is 6.04. The van der Waals surface area contributed by atoms with Gasteiger partial charge in [-0.1, -0.05) is 6.07 Å². The lowest BCUT2D eigenvalue weighted by Gasteiger charge is -2.32. The minimum atomic E-state index is -0.346. The van der Waals surface area contributed by atoms with Gasteiger partial charge in [0.2, 0.25) is 0 Å². The van der Waals surface area contributed by atoms with E-state index in [0.29, 0.717) is 0 Å². The van der Waals surface area contributed by atoms with Crippen LogP contribution in [0.25, 0.3) is 5.65 Å². The molecule has 0 bridgehead atoms. The Morgan fingerprint density at radius 3 is 2.44 bits per heavy atom. The van der Waals surface area contributed by atoms with Crippen LogP contribution in [0.5, 0.6) is 0 Å². The quantitative estimate of drug-likeness (QED) is 0.704. The minimum Gasteiger partial charge on any atom is -0.399 e. The summed E-state index contributed by atoms with van der Waals surface area (Å²) in [6.07, 6.45) is 3.61. The predicted octanol–water partition coefficient (Wildman–Crippen LogP) is 1.03. The van der Waals surface area contributed by atoms with Crippen molar-refractivity contribution >= 4 is 18.2 Å². The molecule has 5 nitrogen and oxygen atoms in total. The van der Waals surface area contributed by atoms with Crippen LogP contribution in [0, 0.1) is 0 Å². The number of pyridine rings is 1. The van der Waals surface area contributed by atoms with E-state index in [1.165, 1.54) is 0 Å². The van der Waals surface area contributed by atoms with Gasteiger partial charge in [0.15, 0.2) is 5.65 Å². The molecule has 0 atom stereocenters. The molecule has 0 amide bonds. The molecule has 0 spiro atoms. The highest BCUT2D eigenvalue weighted by Gasteiger charge is 2.51. The van der Waals surface area contributed by atoms with Crippen LogP contribution >= 0.6 is 0 Å². The molecule has 0 N–H and O–H groups in total. The highest BCUT2D eigenvalue weighted by atomic mass is 16.7. The summed E-state index contributed by atoms with van der Waals surface area (Å²) in [6, 6.07) is 3.87. The second-order valence-corrected chi connectivity index (χ2v) is 5.65. The fourth-order valence-corrected chi connectivity index (χ4v) is 1.96. The van der Waals surface area contributed by atoms with Gasteiger partial charge in [-0.25, -0.2) is 0 Å². The van der Waals surface area contributed by atoms with Crippen LogP contribution in [0.4, 0.5) is 0 Å². The molecule has 2 aromatic heterocycles. The van der Waals surface area contributed by atoms with E-state index in [4.69, 9.17) is 9.31 Å². The largest absolute Gasteiger partial charge is 0.496 e. The van der Waals surface area contributed by atoms with Gasteiger partial charge in [0.05, 0.1) is 11.2 Å². The minimum absolute atomic E-state index is 0.320. The Labute approximate surface area is 106 Å². The number of hydrogen-bond donors (Lipinski definition) is 0. The molecule has 94 valence electrons. The van der Waals surface area contributed by atoms with Crippen molar-refractivity contribution in [3.8, 4) is 0 Å². The van der Waals surface area contributed by atoms with Gasteiger partial charge in [-0.05, 0) is 39.2 Å². The van der Waals surface area contributed by atoms with E-state index in [9.17, 15) is 0 Å².